The highest BCUT2D eigenvalue weighted by molar-refractivity contribution is 7.99. The van der Waals surface area contributed by atoms with Gasteiger partial charge >= 0.3 is 5.69 Å². The molecule has 3 rings (SSSR count). The summed E-state index contributed by atoms with van der Waals surface area (Å²) in [4.78, 5) is 31.7. The number of hydrogen-bond donors (Lipinski definition) is 2. The van der Waals surface area contributed by atoms with Gasteiger partial charge in [0.2, 0.25) is 5.82 Å². The zero-order valence-corrected chi connectivity index (χ0v) is 16.3. The summed E-state index contributed by atoms with van der Waals surface area (Å²) in [6, 6.07) is 13.2. The summed E-state index contributed by atoms with van der Waals surface area (Å²) in [7, 11) is 0. The van der Waals surface area contributed by atoms with E-state index in [-0.39, 0.29) is 27.1 Å². The lowest BCUT2D eigenvalue weighted by Crippen LogP contribution is -2.30. The largest absolute Gasteiger partial charge is 0.345 e. The van der Waals surface area contributed by atoms with Crippen molar-refractivity contribution < 1.29 is 9.72 Å². The van der Waals surface area contributed by atoms with E-state index in [9.17, 15) is 14.9 Å². The van der Waals surface area contributed by atoms with Crippen LogP contribution >= 0.6 is 35.0 Å². The van der Waals surface area contributed by atoms with Gasteiger partial charge in [-0.3, -0.25) is 25.8 Å². The van der Waals surface area contributed by atoms with E-state index >= 15 is 0 Å². The number of halogens is 2. The van der Waals surface area contributed by atoms with Crippen molar-refractivity contribution in [1.82, 2.24) is 15.4 Å². The number of anilines is 1. The number of hydrazine groups is 1. The summed E-state index contributed by atoms with van der Waals surface area (Å²) < 4.78 is 0. The van der Waals surface area contributed by atoms with E-state index in [0.717, 1.165) is 18.1 Å². The highest BCUT2D eigenvalue weighted by Crippen LogP contribution is 2.36. The second-order valence-electron chi connectivity index (χ2n) is 5.25. The van der Waals surface area contributed by atoms with E-state index in [4.69, 9.17) is 23.2 Å². The van der Waals surface area contributed by atoms with Crippen LogP contribution in [0.2, 0.25) is 10.0 Å². The van der Waals surface area contributed by atoms with Gasteiger partial charge in [-0.15, -0.1) is 0 Å². The van der Waals surface area contributed by atoms with Crippen molar-refractivity contribution in [2.45, 2.75) is 9.92 Å². The average molecular weight is 436 g/mol. The molecule has 1 aromatic heterocycles. The summed E-state index contributed by atoms with van der Waals surface area (Å²) >= 11 is 12.9. The first kappa shape index (κ1) is 19.9. The smallest absolute Gasteiger partial charge is 0.276 e. The molecule has 3 aromatic rings. The van der Waals surface area contributed by atoms with E-state index in [0.29, 0.717) is 9.92 Å². The monoisotopic (exact) mass is 435 g/mol. The van der Waals surface area contributed by atoms with Crippen LogP contribution in [-0.2, 0) is 0 Å². The maximum Gasteiger partial charge on any atom is 0.345 e. The van der Waals surface area contributed by atoms with Gasteiger partial charge in [0.25, 0.3) is 5.91 Å². The lowest BCUT2D eigenvalue weighted by Gasteiger charge is -2.10. The molecule has 0 aliphatic heterocycles. The first-order chi connectivity index (χ1) is 13.5. The Morgan fingerprint density at radius 2 is 1.79 bits per heavy atom. The third-order valence-corrected chi connectivity index (χ3v) is 4.99. The lowest BCUT2D eigenvalue weighted by atomic mass is 10.2. The zero-order chi connectivity index (χ0) is 20.1. The fourth-order valence-electron chi connectivity index (χ4n) is 2.14. The van der Waals surface area contributed by atoms with Gasteiger partial charge in [0.05, 0.1) is 15.5 Å². The molecule has 0 saturated heterocycles. The van der Waals surface area contributed by atoms with Crippen LogP contribution in [0.15, 0.2) is 64.8 Å². The fourth-order valence-corrected chi connectivity index (χ4v) is 3.35. The van der Waals surface area contributed by atoms with Gasteiger partial charge < -0.3 is 0 Å². The first-order valence-corrected chi connectivity index (χ1v) is 9.26. The van der Waals surface area contributed by atoms with Gasteiger partial charge in [0.1, 0.15) is 6.33 Å². The van der Waals surface area contributed by atoms with E-state index in [2.05, 4.69) is 20.8 Å². The summed E-state index contributed by atoms with van der Waals surface area (Å²) in [5.74, 6) is -0.720. The van der Waals surface area contributed by atoms with Gasteiger partial charge in [-0.25, -0.2) is 9.97 Å². The van der Waals surface area contributed by atoms with Crippen molar-refractivity contribution in [2.24, 2.45) is 0 Å². The summed E-state index contributed by atoms with van der Waals surface area (Å²) in [6.45, 7) is 0. The Balaban J connectivity index is 1.83. The van der Waals surface area contributed by atoms with Crippen LogP contribution in [0.4, 0.5) is 11.5 Å². The molecule has 2 aromatic carbocycles. The van der Waals surface area contributed by atoms with Gasteiger partial charge in [-0.1, -0.05) is 47.1 Å². The number of nitrogens with one attached hydrogen (secondary N) is 2. The van der Waals surface area contributed by atoms with E-state index in [1.165, 1.54) is 6.07 Å². The molecule has 0 atom stereocenters. The van der Waals surface area contributed by atoms with E-state index < -0.39 is 10.8 Å². The molecule has 0 radical (unpaired) electrons. The Morgan fingerprint density at radius 1 is 1.07 bits per heavy atom. The predicted octanol–water partition coefficient (Wildman–Crippen LogP) is 4.60. The number of aromatic nitrogens is 2. The third kappa shape index (κ3) is 4.69. The maximum atomic E-state index is 12.2. The predicted molar refractivity (Wildman–Crippen MR) is 107 cm³/mol. The Bertz CT molecular complexity index is 1030. The Morgan fingerprint density at radius 3 is 2.46 bits per heavy atom. The molecule has 11 heteroatoms. The van der Waals surface area contributed by atoms with Gasteiger partial charge in [0, 0.05) is 9.92 Å². The minimum Gasteiger partial charge on any atom is -0.276 e. The Labute approximate surface area is 173 Å². The quantitative estimate of drug-likeness (QED) is 0.330. The van der Waals surface area contributed by atoms with Crippen molar-refractivity contribution in [1.29, 1.82) is 0 Å². The molecule has 0 fully saturated rings. The minimum absolute atomic E-state index is 0.108. The van der Waals surface area contributed by atoms with Crippen molar-refractivity contribution in [3.63, 3.8) is 0 Å². The highest BCUT2D eigenvalue weighted by Gasteiger charge is 2.24. The molecule has 2 N–H and O–H groups in total. The molecule has 0 aliphatic rings. The number of benzene rings is 2. The molecule has 142 valence electrons. The second kappa shape index (κ2) is 8.87. The maximum absolute atomic E-state index is 12.2. The van der Waals surface area contributed by atoms with Gasteiger partial charge in [-0.05, 0) is 36.4 Å². The van der Waals surface area contributed by atoms with Crippen LogP contribution in [0.1, 0.15) is 10.4 Å². The molecular weight excluding hydrogens is 425 g/mol. The zero-order valence-electron chi connectivity index (χ0n) is 13.9. The molecule has 1 heterocycles. The molecule has 8 nitrogen and oxygen atoms in total. The molecule has 0 spiro atoms. The van der Waals surface area contributed by atoms with Crippen LogP contribution in [0.3, 0.4) is 0 Å². The minimum atomic E-state index is -0.623. The Kier molecular flexibility index (Phi) is 6.30. The number of nitro groups is 1. The molecule has 1 amide bonds. The molecular formula is C17H11Cl2N5O3S. The van der Waals surface area contributed by atoms with E-state index in [1.807, 2.05) is 0 Å². The van der Waals surface area contributed by atoms with Crippen LogP contribution in [0.5, 0.6) is 0 Å². The van der Waals surface area contributed by atoms with Crippen LogP contribution in [0.25, 0.3) is 0 Å². The summed E-state index contributed by atoms with van der Waals surface area (Å²) in [5.41, 5.74) is 4.66. The normalized spacial score (nSPS) is 10.4. The fraction of sp³-hybridized carbons (Fsp3) is 0. The molecule has 0 saturated carbocycles. The number of rotatable bonds is 6. The van der Waals surface area contributed by atoms with Crippen molar-refractivity contribution in [3.05, 3.63) is 80.6 Å². The SMILES string of the molecule is O=C(NNc1ncnc(Sc2ccc(Cl)cc2)c1[N+](=O)[O-])c1ccccc1Cl. The van der Waals surface area contributed by atoms with Crippen LogP contribution < -0.4 is 10.9 Å². The standard InChI is InChI=1S/C17H11Cl2N5O3S/c18-10-5-7-11(8-6-10)28-17-14(24(26)27)15(20-9-21-17)22-23-16(25)12-3-1-2-4-13(12)19/h1-9H,(H,23,25)(H,20,21,22). The van der Waals surface area contributed by atoms with Crippen molar-refractivity contribution in [3.8, 4) is 0 Å². The molecule has 0 aliphatic carbocycles. The number of nitrogens with zero attached hydrogens (tertiary/aromatic N) is 3. The first-order valence-electron chi connectivity index (χ1n) is 7.69. The second-order valence-corrected chi connectivity index (χ2v) is 7.15. The van der Waals surface area contributed by atoms with Crippen LogP contribution in [-0.4, -0.2) is 20.8 Å². The average Bonchev–Trinajstić information content (AvgIpc) is 2.68. The summed E-state index contributed by atoms with van der Waals surface area (Å²) in [6.07, 6.45) is 1.16. The van der Waals surface area contributed by atoms with Gasteiger partial charge in [0.15, 0.2) is 5.03 Å². The molecule has 0 unspecified atom stereocenters. The van der Waals surface area contributed by atoms with Crippen LogP contribution in [0, 0.1) is 10.1 Å². The lowest BCUT2D eigenvalue weighted by molar-refractivity contribution is -0.387. The highest BCUT2D eigenvalue weighted by atomic mass is 35.5. The molecule has 28 heavy (non-hydrogen) atoms. The number of hydrogen-bond acceptors (Lipinski definition) is 7. The molecule has 0 bridgehead atoms. The summed E-state index contributed by atoms with van der Waals surface area (Å²) in [5, 5.41) is 12.5. The number of amides is 1. The third-order valence-electron chi connectivity index (χ3n) is 3.41. The van der Waals surface area contributed by atoms with E-state index in [1.54, 1.807) is 42.5 Å². The number of carbonyl (C=O) groups is 1. The van der Waals surface area contributed by atoms with Crippen molar-refractivity contribution >= 4 is 52.4 Å². The topological polar surface area (TPSA) is 110 Å². The Hall–Kier alpha value is -2.88. The van der Waals surface area contributed by atoms with Crippen molar-refractivity contribution in [2.75, 3.05) is 5.43 Å². The number of carbonyl (C=O) groups excluding carboxylic acids is 1. The van der Waals surface area contributed by atoms with Gasteiger partial charge in [-0.2, -0.15) is 0 Å².